The van der Waals surface area contributed by atoms with Crippen molar-refractivity contribution < 1.29 is 13.9 Å². The summed E-state index contributed by atoms with van der Waals surface area (Å²) in [6.07, 6.45) is 1.45. The second-order valence-electron chi connectivity index (χ2n) is 2.92. The van der Waals surface area contributed by atoms with E-state index in [0.717, 1.165) is 0 Å². The Hall–Kier alpha value is -1.84. The van der Waals surface area contributed by atoms with Gasteiger partial charge in [-0.05, 0) is 18.2 Å². The van der Waals surface area contributed by atoms with Crippen LogP contribution in [0.1, 0.15) is 5.89 Å². The lowest BCUT2D eigenvalue weighted by atomic mass is 10.1. The van der Waals surface area contributed by atoms with Crippen molar-refractivity contribution in [2.45, 2.75) is 6.92 Å². The Labute approximate surface area is 79.8 Å². The van der Waals surface area contributed by atoms with E-state index < -0.39 is 5.82 Å². The van der Waals surface area contributed by atoms with Gasteiger partial charge in [0.25, 0.3) is 0 Å². The van der Waals surface area contributed by atoms with E-state index in [9.17, 15) is 4.39 Å². The summed E-state index contributed by atoms with van der Waals surface area (Å²) >= 11 is 0. The molecule has 14 heavy (non-hydrogen) atoms. The molecule has 2 rings (SSSR count). The lowest BCUT2D eigenvalue weighted by Gasteiger charge is -1.97. The monoisotopic (exact) mass is 193 g/mol. The number of phenols is 1. The molecule has 0 aliphatic rings. The third-order valence-electron chi connectivity index (χ3n) is 1.86. The molecule has 0 aliphatic carbocycles. The maximum Gasteiger partial charge on any atom is 0.191 e. The van der Waals surface area contributed by atoms with Gasteiger partial charge in [0, 0.05) is 12.5 Å². The fourth-order valence-corrected chi connectivity index (χ4v) is 1.16. The minimum absolute atomic E-state index is 0.367. The highest BCUT2D eigenvalue weighted by atomic mass is 19.1. The molecule has 0 saturated heterocycles. The Morgan fingerprint density at radius 3 is 2.79 bits per heavy atom. The molecule has 4 heteroatoms. The summed E-state index contributed by atoms with van der Waals surface area (Å²) in [4.78, 5) is 4.04. The van der Waals surface area contributed by atoms with Crippen LogP contribution in [0.15, 0.2) is 28.9 Å². The number of nitrogens with zero attached hydrogens (tertiary/aromatic N) is 1. The third kappa shape index (κ3) is 1.46. The quantitative estimate of drug-likeness (QED) is 0.756. The first-order valence-corrected chi connectivity index (χ1v) is 4.08. The second-order valence-corrected chi connectivity index (χ2v) is 2.92. The lowest BCUT2D eigenvalue weighted by molar-refractivity contribution is 0.432. The van der Waals surface area contributed by atoms with Crippen LogP contribution in [0.25, 0.3) is 11.3 Å². The van der Waals surface area contributed by atoms with Crippen LogP contribution in [0.5, 0.6) is 5.75 Å². The second kappa shape index (κ2) is 3.14. The number of oxazole rings is 1. The van der Waals surface area contributed by atoms with Crippen molar-refractivity contribution in [1.82, 2.24) is 4.98 Å². The zero-order chi connectivity index (χ0) is 10.1. The van der Waals surface area contributed by atoms with E-state index in [1.165, 1.54) is 18.4 Å². The number of aromatic hydroxyl groups is 1. The number of phenolic OH excluding ortho intramolecular Hbond substituents is 1. The fraction of sp³-hybridized carbons (Fsp3) is 0.100. The number of benzene rings is 1. The van der Waals surface area contributed by atoms with Crippen LogP contribution in [0.2, 0.25) is 0 Å². The van der Waals surface area contributed by atoms with E-state index in [2.05, 4.69) is 4.98 Å². The summed E-state index contributed by atoms with van der Waals surface area (Å²) in [5.74, 6) is -0.509. The summed E-state index contributed by atoms with van der Waals surface area (Å²) in [6, 6.07) is 4.08. The zero-order valence-electron chi connectivity index (χ0n) is 7.49. The summed E-state index contributed by atoms with van der Waals surface area (Å²) < 4.78 is 18.0. The maximum atomic E-state index is 13.0. The standard InChI is InChI=1S/C10H8FNO2/c1-6-12-9(5-14-6)7-2-3-10(13)8(11)4-7/h2-5,13H,1H3. The molecule has 0 spiro atoms. The molecular formula is C10H8FNO2. The highest BCUT2D eigenvalue weighted by Gasteiger charge is 2.06. The SMILES string of the molecule is Cc1nc(-c2ccc(O)c(F)c2)co1. The Morgan fingerprint density at radius 2 is 2.21 bits per heavy atom. The Morgan fingerprint density at radius 1 is 1.43 bits per heavy atom. The van der Waals surface area contributed by atoms with E-state index in [0.29, 0.717) is 17.1 Å². The first kappa shape index (κ1) is 8.74. The molecule has 72 valence electrons. The van der Waals surface area contributed by atoms with E-state index in [4.69, 9.17) is 9.52 Å². The average Bonchev–Trinajstić information content (AvgIpc) is 2.57. The number of aromatic nitrogens is 1. The largest absolute Gasteiger partial charge is 0.505 e. The van der Waals surface area contributed by atoms with Crippen LogP contribution in [0.4, 0.5) is 4.39 Å². The van der Waals surface area contributed by atoms with E-state index in [1.807, 2.05) is 0 Å². The molecule has 0 atom stereocenters. The van der Waals surface area contributed by atoms with Gasteiger partial charge in [-0.25, -0.2) is 9.37 Å². The van der Waals surface area contributed by atoms with Gasteiger partial charge < -0.3 is 9.52 Å². The van der Waals surface area contributed by atoms with Gasteiger partial charge in [-0.1, -0.05) is 0 Å². The summed E-state index contributed by atoms with van der Waals surface area (Å²) in [5.41, 5.74) is 1.14. The van der Waals surface area contributed by atoms with Crippen molar-refractivity contribution >= 4 is 0 Å². The van der Waals surface area contributed by atoms with Gasteiger partial charge in [0.2, 0.25) is 0 Å². The summed E-state index contributed by atoms with van der Waals surface area (Å²) in [6.45, 7) is 1.71. The maximum absolute atomic E-state index is 13.0. The van der Waals surface area contributed by atoms with Crippen LogP contribution < -0.4 is 0 Å². The Bertz CT molecular complexity index is 465. The topological polar surface area (TPSA) is 46.3 Å². The molecule has 0 radical (unpaired) electrons. The van der Waals surface area contributed by atoms with Gasteiger partial charge >= 0.3 is 0 Å². The van der Waals surface area contributed by atoms with Gasteiger partial charge in [0.1, 0.15) is 12.0 Å². The first-order valence-electron chi connectivity index (χ1n) is 4.08. The molecule has 2 aromatic rings. The zero-order valence-corrected chi connectivity index (χ0v) is 7.49. The highest BCUT2D eigenvalue weighted by Crippen LogP contribution is 2.23. The molecule has 0 unspecified atom stereocenters. The van der Waals surface area contributed by atoms with Crippen molar-refractivity contribution in [3.05, 3.63) is 36.2 Å². The molecule has 1 aromatic heterocycles. The fourth-order valence-electron chi connectivity index (χ4n) is 1.16. The van der Waals surface area contributed by atoms with Gasteiger partial charge in [-0.2, -0.15) is 0 Å². The number of hydrogen-bond donors (Lipinski definition) is 1. The molecule has 0 fully saturated rings. The van der Waals surface area contributed by atoms with E-state index in [-0.39, 0.29) is 5.75 Å². The van der Waals surface area contributed by atoms with Crippen molar-refractivity contribution in [2.24, 2.45) is 0 Å². The predicted molar refractivity (Wildman–Crippen MR) is 48.3 cm³/mol. The molecule has 0 saturated carbocycles. The van der Waals surface area contributed by atoms with Gasteiger partial charge in [-0.15, -0.1) is 0 Å². The first-order chi connectivity index (χ1) is 6.66. The molecule has 3 nitrogen and oxygen atoms in total. The number of rotatable bonds is 1. The van der Waals surface area contributed by atoms with Gasteiger partial charge in [0.05, 0.1) is 0 Å². The Balaban J connectivity index is 2.47. The molecule has 1 heterocycles. The van der Waals surface area contributed by atoms with Gasteiger partial charge in [0.15, 0.2) is 17.5 Å². The van der Waals surface area contributed by atoms with Crippen LogP contribution in [-0.2, 0) is 0 Å². The number of hydrogen-bond acceptors (Lipinski definition) is 3. The number of aryl methyl sites for hydroxylation is 1. The minimum atomic E-state index is -0.664. The predicted octanol–water partition coefficient (Wildman–Crippen LogP) is 2.49. The molecular weight excluding hydrogens is 185 g/mol. The number of halogens is 1. The highest BCUT2D eigenvalue weighted by molar-refractivity contribution is 5.59. The van der Waals surface area contributed by atoms with Crippen LogP contribution in [-0.4, -0.2) is 10.1 Å². The third-order valence-corrected chi connectivity index (χ3v) is 1.86. The molecule has 0 bridgehead atoms. The van der Waals surface area contributed by atoms with Crippen molar-refractivity contribution in [3.63, 3.8) is 0 Å². The summed E-state index contributed by atoms with van der Waals surface area (Å²) in [5, 5.41) is 8.98. The molecule has 1 aromatic carbocycles. The lowest BCUT2D eigenvalue weighted by Crippen LogP contribution is -1.81. The van der Waals surface area contributed by atoms with Crippen molar-refractivity contribution in [3.8, 4) is 17.0 Å². The van der Waals surface area contributed by atoms with Crippen molar-refractivity contribution in [2.75, 3.05) is 0 Å². The molecule has 1 N–H and O–H groups in total. The van der Waals surface area contributed by atoms with Crippen molar-refractivity contribution in [1.29, 1.82) is 0 Å². The average molecular weight is 193 g/mol. The molecule has 0 amide bonds. The smallest absolute Gasteiger partial charge is 0.191 e. The normalized spacial score (nSPS) is 10.4. The van der Waals surface area contributed by atoms with Crippen LogP contribution in [0.3, 0.4) is 0 Å². The van der Waals surface area contributed by atoms with Crippen LogP contribution in [0, 0.1) is 12.7 Å². The minimum Gasteiger partial charge on any atom is -0.505 e. The van der Waals surface area contributed by atoms with E-state index >= 15 is 0 Å². The Kier molecular flexibility index (Phi) is 1.96. The molecule has 0 aliphatic heterocycles. The van der Waals surface area contributed by atoms with Gasteiger partial charge in [-0.3, -0.25) is 0 Å². The summed E-state index contributed by atoms with van der Waals surface area (Å²) in [7, 11) is 0. The van der Waals surface area contributed by atoms with E-state index in [1.54, 1.807) is 13.0 Å². The van der Waals surface area contributed by atoms with Crippen LogP contribution >= 0.6 is 0 Å².